The summed E-state index contributed by atoms with van der Waals surface area (Å²) >= 11 is 12.8. The van der Waals surface area contributed by atoms with E-state index in [1.165, 1.54) is 6.07 Å². The molecule has 0 bridgehead atoms. The fraction of sp³-hybridized carbons (Fsp3) is 0.160. The largest absolute Gasteiger partial charge is 0.497 e. The minimum Gasteiger partial charge on any atom is -0.497 e. The molecule has 0 aliphatic rings. The Morgan fingerprint density at radius 3 is 2.25 bits per heavy atom. The third-order valence-corrected chi connectivity index (χ3v) is 5.76. The first-order chi connectivity index (χ1) is 15.2. The molecule has 0 saturated heterocycles. The lowest BCUT2D eigenvalue weighted by molar-refractivity contribution is 0.0743. The molecule has 164 valence electrons. The van der Waals surface area contributed by atoms with Gasteiger partial charge in [-0.25, -0.2) is 9.37 Å². The highest BCUT2D eigenvalue weighted by Gasteiger charge is 2.26. The van der Waals surface area contributed by atoms with Crippen molar-refractivity contribution in [1.29, 1.82) is 0 Å². The van der Waals surface area contributed by atoms with Crippen LogP contribution < -0.4 is 4.74 Å². The SMILES string of the molecule is COc1cccc(-c2ccc(-n3cc(C(C)(C)O)nc3-c3c(Cl)cccc3Cl)c(F)c2)c1. The van der Waals surface area contributed by atoms with E-state index in [2.05, 4.69) is 4.98 Å². The molecule has 1 N–H and O–H groups in total. The quantitative estimate of drug-likeness (QED) is 0.345. The zero-order chi connectivity index (χ0) is 23.0. The van der Waals surface area contributed by atoms with Crippen molar-refractivity contribution in [3.8, 4) is 34.0 Å². The summed E-state index contributed by atoms with van der Waals surface area (Å²) in [6, 6.07) is 17.4. The van der Waals surface area contributed by atoms with Crippen molar-refractivity contribution < 1.29 is 14.2 Å². The first-order valence-electron chi connectivity index (χ1n) is 9.90. The molecule has 0 atom stereocenters. The minimum absolute atomic E-state index is 0.255. The average Bonchev–Trinajstić information content (AvgIpc) is 3.19. The molecular weight excluding hydrogens is 450 g/mol. The molecule has 0 aliphatic heterocycles. The topological polar surface area (TPSA) is 47.3 Å². The highest BCUT2D eigenvalue weighted by atomic mass is 35.5. The summed E-state index contributed by atoms with van der Waals surface area (Å²) in [6.07, 6.45) is 1.60. The van der Waals surface area contributed by atoms with Gasteiger partial charge in [-0.3, -0.25) is 4.57 Å². The Morgan fingerprint density at radius 2 is 1.62 bits per heavy atom. The number of imidazole rings is 1. The molecule has 0 radical (unpaired) electrons. The van der Waals surface area contributed by atoms with Gasteiger partial charge in [0.15, 0.2) is 0 Å². The van der Waals surface area contributed by atoms with Gasteiger partial charge in [-0.15, -0.1) is 0 Å². The van der Waals surface area contributed by atoms with Gasteiger partial charge in [0.25, 0.3) is 0 Å². The maximum Gasteiger partial charge on any atom is 0.148 e. The molecule has 0 saturated carbocycles. The van der Waals surface area contributed by atoms with Gasteiger partial charge in [-0.05, 0) is 61.4 Å². The molecule has 0 unspecified atom stereocenters. The molecule has 0 fully saturated rings. The van der Waals surface area contributed by atoms with E-state index in [1.54, 1.807) is 56.0 Å². The van der Waals surface area contributed by atoms with Crippen molar-refractivity contribution in [2.45, 2.75) is 19.4 Å². The van der Waals surface area contributed by atoms with Crippen LogP contribution in [0.4, 0.5) is 4.39 Å². The van der Waals surface area contributed by atoms with E-state index >= 15 is 4.39 Å². The van der Waals surface area contributed by atoms with Gasteiger partial charge < -0.3 is 9.84 Å². The number of ether oxygens (including phenoxy) is 1. The van der Waals surface area contributed by atoms with Gasteiger partial charge in [-0.1, -0.05) is 47.5 Å². The Morgan fingerprint density at radius 1 is 0.969 bits per heavy atom. The summed E-state index contributed by atoms with van der Waals surface area (Å²) in [5.74, 6) is 0.562. The third-order valence-electron chi connectivity index (χ3n) is 5.13. The molecule has 0 amide bonds. The number of hydrogen-bond donors (Lipinski definition) is 1. The maximum atomic E-state index is 15.4. The second-order valence-electron chi connectivity index (χ2n) is 7.87. The van der Waals surface area contributed by atoms with Gasteiger partial charge in [0.05, 0.1) is 34.1 Å². The molecule has 0 spiro atoms. The van der Waals surface area contributed by atoms with Crippen LogP contribution >= 0.6 is 23.2 Å². The van der Waals surface area contributed by atoms with Crippen LogP contribution in [0.25, 0.3) is 28.2 Å². The van der Waals surface area contributed by atoms with Gasteiger partial charge in [0, 0.05) is 6.20 Å². The van der Waals surface area contributed by atoms with Crippen molar-refractivity contribution >= 4 is 23.2 Å². The number of aliphatic hydroxyl groups is 1. The summed E-state index contributed by atoms with van der Waals surface area (Å²) < 4.78 is 22.2. The fourth-order valence-electron chi connectivity index (χ4n) is 3.43. The molecular formula is C25H21Cl2FN2O2. The van der Waals surface area contributed by atoms with Gasteiger partial charge in [0.2, 0.25) is 0 Å². The smallest absolute Gasteiger partial charge is 0.148 e. The minimum atomic E-state index is -1.25. The van der Waals surface area contributed by atoms with E-state index in [0.29, 0.717) is 38.4 Å². The van der Waals surface area contributed by atoms with Crippen LogP contribution in [0.5, 0.6) is 5.75 Å². The molecule has 4 aromatic rings. The summed E-state index contributed by atoms with van der Waals surface area (Å²) in [7, 11) is 1.59. The number of nitrogens with zero attached hydrogens (tertiary/aromatic N) is 2. The van der Waals surface area contributed by atoms with E-state index in [0.717, 1.165) is 5.56 Å². The molecule has 4 rings (SSSR count). The van der Waals surface area contributed by atoms with Crippen LogP contribution in [0.1, 0.15) is 19.5 Å². The Labute approximate surface area is 195 Å². The normalized spacial score (nSPS) is 11.6. The number of methoxy groups -OCH3 is 1. The summed E-state index contributed by atoms with van der Waals surface area (Å²) in [5.41, 5.74) is 1.36. The van der Waals surface area contributed by atoms with E-state index < -0.39 is 11.4 Å². The summed E-state index contributed by atoms with van der Waals surface area (Å²) in [5, 5.41) is 11.3. The standard InChI is InChI=1S/C25H21Cl2FN2O2/c1-25(2,31)22-14-30(24(29-22)23-18(26)8-5-9-19(23)27)21-11-10-16(13-20(21)28)15-6-4-7-17(12-15)32-3/h4-14,31H,1-3H3. The van der Waals surface area contributed by atoms with Crippen molar-refractivity contribution in [2.24, 2.45) is 0 Å². The zero-order valence-electron chi connectivity index (χ0n) is 17.7. The maximum absolute atomic E-state index is 15.4. The molecule has 1 heterocycles. The molecule has 4 nitrogen and oxygen atoms in total. The van der Waals surface area contributed by atoms with Crippen LogP contribution in [0.2, 0.25) is 10.0 Å². The van der Waals surface area contributed by atoms with Gasteiger partial charge in [0.1, 0.15) is 23.0 Å². The third kappa shape index (κ3) is 4.24. The van der Waals surface area contributed by atoms with Crippen molar-refractivity contribution in [3.63, 3.8) is 0 Å². The van der Waals surface area contributed by atoms with Crippen molar-refractivity contribution in [1.82, 2.24) is 9.55 Å². The average molecular weight is 471 g/mol. The second-order valence-corrected chi connectivity index (χ2v) is 8.69. The lowest BCUT2D eigenvalue weighted by atomic mass is 10.0. The molecule has 7 heteroatoms. The van der Waals surface area contributed by atoms with E-state index in [-0.39, 0.29) is 5.69 Å². The van der Waals surface area contributed by atoms with Crippen LogP contribution in [-0.4, -0.2) is 21.8 Å². The Bertz CT molecular complexity index is 1280. The molecule has 3 aromatic carbocycles. The Hall–Kier alpha value is -2.86. The Kier molecular flexibility index (Phi) is 5.99. The van der Waals surface area contributed by atoms with Crippen LogP contribution in [0, 0.1) is 5.82 Å². The highest BCUT2D eigenvalue weighted by molar-refractivity contribution is 6.39. The van der Waals surface area contributed by atoms with Crippen molar-refractivity contribution in [3.05, 3.63) is 88.4 Å². The first-order valence-corrected chi connectivity index (χ1v) is 10.7. The number of aromatic nitrogens is 2. The van der Waals surface area contributed by atoms with E-state index in [1.807, 2.05) is 30.3 Å². The summed E-state index contributed by atoms with van der Waals surface area (Å²) in [6.45, 7) is 3.22. The zero-order valence-corrected chi connectivity index (χ0v) is 19.2. The highest BCUT2D eigenvalue weighted by Crippen LogP contribution is 2.37. The summed E-state index contributed by atoms with van der Waals surface area (Å²) in [4.78, 5) is 4.56. The van der Waals surface area contributed by atoms with Crippen LogP contribution in [0.15, 0.2) is 66.9 Å². The Balaban J connectivity index is 1.89. The molecule has 1 aromatic heterocycles. The predicted molar refractivity (Wildman–Crippen MR) is 126 cm³/mol. The van der Waals surface area contributed by atoms with Crippen LogP contribution in [0.3, 0.4) is 0 Å². The fourth-order valence-corrected chi connectivity index (χ4v) is 4.00. The number of benzene rings is 3. The van der Waals surface area contributed by atoms with E-state index in [9.17, 15) is 5.11 Å². The number of rotatable bonds is 5. The number of halogens is 3. The van der Waals surface area contributed by atoms with Crippen molar-refractivity contribution in [2.75, 3.05) is 7.11 Å². The lowest BCUT2D eigenvalue weighted by Gasteiger charge is -2.13. The molecule has 32 heavy (non-hydrogen) atoms. The van der Waals surface area contributed by atoms with Gasteiger partial charge in [-0.2, -0.15) is 0 Å². The lowest BCUT2D eigenvalue weighted by Crippen LogP contribution is -2.15. The van der Waals surface area contributed by atoms with Gasteiger partial charge >= 0.3 is 0 Å². The predicted octanol–water partition coefficient (Wildman–Crippen LogP) is 6.89. The monoisotopic (exact) mass is 470 g/mol. The molecule has 0 aliphatic carbocycles. The number of hydrogen-bond acceptors (Lipinski definition) is 3. The first kappa shape index (κ1) is 22.3. The van der Waals surface area contributed by atoms with E-state index in [4.69, 9.17) is 27.9 Å². The second kappa shape index (κ2) is 8.58. The van der Waals surface area contributed by atoms with Crippen LogP contribution in [-0.2, 0) is 5.60 Å².